The van der Waals surface area contributed by atoms with Gasteiger partial charge in [-0.05, 0) is 55.7 Å². The SMILES string of the molecule is C[C@H]1Cc2cc(C(O)=C3C(=O)C(=O)N(C[C@@H]4CCCO4)[C@H]3c3ccco3)ccc2O1. The molecular weight excluding hydrogens is 386 g/mol. The highest BCUT2D eigenvalue weighted by Crippen LogP contribution is 2.41. The van der Waals surface area contributed by atoms with Crippen LogP contribution < -0.4 is 4.74 Å². The quantitative estimate of drug-likeness (QED) is 0.474. The van der Waals surface area contributed by atoms with Crippen LogP contribution in [0, 0.1) is 0 Å². The van der Waals surface area contributed by atoms with Crippen LogP contribution in [0.1, 0.15) is 42.7 Å². The lowest BCUT2D eigenvalue weighted by molar-refractivity contribution is -0.141. The Balaban J connectivity index is 1.57. The molecule has 1 amide bonds. The number of ether oxygens (including phenoxy) is 2. The van der Waals surface area contributed by atoms with E-state index in [1.165, 1.54) is 11.2 Å². The van der Waals surface area contributed by atoms with E-state index in [-0.39, 0.29) is 30.1 Å². The highest BCUT2D eigenvalue weighted by molar-refractivity contribution is 6.46. The van der Waals surface area contributed by atoms with Crippen LogP contribution >= 0.6 is 0 Å². The number of likely N-dealkylation sites (tertiary alicyclic amines) is 1. The van der Waals surface area contributed by atoms with E-state index in [0.717, 1.165) is 30.6 Å². The second kappa shape index (κ2) is 7.32. The molecule has 2 saturated heterocycles. The Hall–Kier alpha value is -3.06. The van der Waals surface area contributed by atoms with Crippen LogP contribution in [0.25, 0.3) is 5.76 Å². The lowest BCUT2D eigenvalue weighted by Crippen LogP contribution is -2.36. The summed E-state index contributed by atoms with van der Waals surface area (Å²) in [5.74, 6) is -0.345. The van der Waals surface area contributed by atoms with Crippen LogP contribution in [0.2, 0.25) is 0 Å². The standard InChI is InChI=1S/C23H23NO6/c1-13-10-15-11-14(6-7-17(15)30-13)21(25)19-20(18-5-3-9-29-18)24(23(27)22(19)26)12-16-4-2-8-28-16/h3,5-7,9,11,13,16,20,25H,2,4,8,10,12H2,1H3/t13-,16-,20-/m0/s1. The Labute approximate surface area is 173 Å². The van der Waals surface area contributed by atoms with Crippen molar-refractivity contribution in [1.82, 2.24) is 4.90 Å². The van der Waals surface area contributed by atoms with Gasteiger partial charge in [0.25, 0.3) is 11.7 Å². The number of hydrogen-bond acceptors (Lipinski definition) is 6. The van der Waals surface area contributed by atoms with Gasteiger partial charge in [-0.15, -0.1) is 0 Å². The van der Waals surface area contributed by atoms with Gasteiger partial charge >= 0.3 is 0 Å². The van der Waals surface area contributed by atoms with Crippen molar-refractivity contribution in [3.05, 3.63) is 59.1 Å². The highest BCUT2D eigenvalue weighted by Gasteiger charge is 2.48. The molecule has 3 aliphatic rings. The van der Waals surface area contributed by atoms with E-state index in [0.29, 0.717) is 17.9 Å². The van der Waals surface area contributed by atoms with Crippen LogP contribution in [0.4, 0.5) is 0 Å². The number of rotatable bonds is 4. The van der Waals surface area contributed by atoms with Gasteiger partial charge in [0, 0.05) is 25.1 Å². The number of hydrogen-bond donors (Lipinski definition) is 1. The summed E-state index contributed by atoms with van der Waals surface area (Å²) in [7, 11) is 0. The molecule has 0 radical (unpaired) electrons. The molecule has 3 aliphatic heterocycles. The molecule has 2 fully saturated rings. The molecule has 0 unspecified atom stereocenters. The Morgan fingerprint density at radius 1 is 1.27 bits per heavy atom. The van der Waals surface area contributed by atoms with E-state index in [9.17, 15) is 14.7 Å². The van der Waals surface area contributed by atoms with E-state index in [1.54, 1.807) is 24.3 Å². The van der Waals surface area contributed by atoms with Crippen LogP contribution in [-0.2, 0) is 20.7 Å². The average Bonchev–Trinajstić information content (AvgIpc) is 3.51. The van der Waals surface area contributed by atoms with Gasteiger partial charge in [0.05, 0.1) is 17.9 Å². The maximum absolute atomic E-state index is 13.0. The largest absolute Gasteiger partial charge is 0.507 e. The fourth-order valence-electron chi connectivity index (χ4n) is 4.54. The molecule has 0 aliphatic carbocycles. The number of furan rings is 1. The van der Waals surface area contributed by atoms with Crippen molar-refractivity contribution in [2.45, 2.75) is 44.4 Å². The van der Waals surface area contributed by atoms with Gasteiger partial charge in [-0.2, -0.15) is 0 Å². The van der Waals surface area contributed by atoms with Crippen molar-refractivity contribution in [1.29, 1.82) is 0 Å². The zero-order valence-corrected chi connectivity index (χ0v) is 16.7. The number of aliphatic hydroxyl groups excluding tert-OH is 1. The summed E-state index contributed by atoms with van der Waals surface area (Å²) in [5, 5.41) is 11.1. The third-order valence-electron chi connectivity index (χ3n) is 5.95. The molecule has 1 aromatic carbocycles. The van der Waals surface area contributed by atoms with Crippen molar-refractivity contribution in [3.8, 4) is 5.75 Å². The summed E-state index contributed by atoms with van der Waals surface area (Å²) in [4.78, 5) is 27.3. The maximum atomic E-state index is 13.0. The molecule has 1 aromatic heterocycles. The number of aliphatic hydroxyl groups is 1. The lowest BCUT2D eigenvalue weighted by atomic mass is 9.97. The first-order chi connectivity index (χ1) is 14.5. The molecule has 5 rings (SSSR count). The molecule has 156 valence electrons. The number of fused-ring (bicyclic) bond motifs is 1. The Bertz CT molecular complexity index is 1020. The van der Waals surface area contributed by atoms with Gasteiger partial charge in [0.1, 0.15) is 29.4 Å². The number of nitrogens with zero attached hydrogens (tertiary/aromatic N) is 1. The fraction of sp³-hybridized carbons (Fsp3) is 0.391. The van der Waals surface area contributed by atoms with Gasteiger partial charge in [-0.25, -0.2) is 0 Å². The fourth-order valence-corrected chi connectivity index (χ4v) is 4.54. The first kappa shape index (κ1) is 18.9. The molecule has 3 atom stereocenters. The van der Waals surface area contributed by atoms with Crippen molar-refractivity contribution in [2.75, 3.05) is 13.2 Å². The number of amides is 1. The molecule has 1 N–H and O–H groups in total. The first-order valence-electron chi connectivity index (χ1n) is 10.3. The average molecular weight is 409 g/mol. The van der Waals surface area contributed by atoms with Gasteiger partial charge in [-0.1, -0.05) is 0 Å². The Morgan fingerprint density at radius 3 is 2.87 bits per heavy atom. The van der Waals surface area contributed by atoms with Crippen LogP contribution in [-0.4, -0.2) is 47.1 Å². The number of Topliss-reactive ketones (excluding diaryl/α,β-unsaturated/α-hetero) is 1. The summed E-state index contributed by atoms with van der Waals surface area (Å²) < 4.78 is 17.0. The summed E-state index contributed by atoms with van der Waals surface area (Å²) in [5.41, 5.74) is 1.49. The van der Waals surface area contributed by atoms with Crippen molar-refractivity contribution >= 4 is 17.4 Å². The minimum absolute atomic E-state index is 0.0415. The van der Waals surface area contributed by atoms with Gasteiger partial charge in [0.2, 0.25) is 0 Å². The summed E-state index contributed by atoms with van der Waals surface area (Å²) >= 11 is 0. The van der Waals surface area contributed by atoms with Crippen molar-refractivity contribution in [2.24, 2.45) is 0 Å². The number of carbonyl (C=O) groups is 2. The van der Waals surface area contributed by atoms with Crippen LogP contribution in [0.5, 0.6) is 5.75 Å². The van der Waals surface area contributed by atoms with Crippen molar-refractivity contribution < 1.29 is 28.6 Å². The number of benzene rings is 1. The molecular formula is C23H23NO6. The monoisotopic (exact) mass is 409 g/mol. The molecule has 2 aromatic rings. The minimum Gasteiger partial charge on any atom is -0.507 e. The van der Waals surface area contributed by atoms with Gasteiger partial charge in [0.15, 0.2) is 0 Å². The Kier molecular flexibility index (Phi) is 4.62. The minimum atomic E-state index is -0.785. The predicted octanol–water partition coefficient (Wildman–Crippen LogP) is 3.20. The van der Waals surface area contributed by atoms with Gasteiger partial charge < -0.3 is 23.9 Å². The molecule has 4 heterocycles. The van der Waals surface area contributed by atoms with Crippen LogP contribution in [0.3, 0.4) is 0 Å². The van der Waals surface area contributed by atoms with Crippen LogP contribution in [0.15, 0.2) is 46.6 Å². The zero-order chi connectivity index (χ0) is 20.8. The highest BCUT2D eigenvalue weighted by atomic mass is 16.5. The summed E-state index contributed by atoms with van der Waals surface area (Å²) in [6.45, 7) is 2.91. The normalized spacial score (nSPS) is 27.5. The second-order valence-electron chi connectivity index (χ2n) is 8.06. The molecule has 0 saturated carbocycles. The summed E-state index contributed by atoms with van der Waals surface area (Å²) in [6, 6.07) is 7.95. The lowest BCUT2D eigenvalue weighted by Gasteiger charge is -2.25. The Morgan fingerprint density at radius 2 is 2.13 bits per heavy atom. The van der Waals surface area contributed by atoms with E-state index >= 15 is 0 Å². The molecule has 30 heavy (non-hydrogen) atoms. The third-order valence-corrected chi connectivity index (χ3v) is 5.95. The molecule has 0 bridgehead atoms. The predicted molar refractivity (Wildman–Crippen MR) is 107 cm³/mol. The topological polar surface area (TPSA) is 89.2 Å². The number of ketones is 1. The molecule has 7 heteroatoms. The summed E-state index contributed by atoms with van der Waals surface area (Å²) in [6.07, 6.45) is 3.92. The molecule has 7 nitrogen and oxygen atoms in total. The van der Waals surface area contributed by atoms with E-state index in [1.807, 2.05) is 13.0 Å². The second-order valence-corrected chi connectivity index (χ2v) is 8.06. The molecule has 0 spiro atoms. The third kappa shape index (κ3) is 3.10. The van der Waals surface area contributed by atoms with E-state index < -0.39 is 17.7 Å². The zero-order valence-electron chi connectivity index (χ0n) is 16.7. The smallest absolute Gasteiger partial charge is 0.295 e. The first-order valence-corrected chi connectivity index (χ1v) is 10.3. The number of carbonyl (C=O) groups excluding carboxylic acids is 2. The van der Waals surface area contributed by atoms with E-state index in [4.69, 9.17) is 13.9 Å². The van der Waals surface area contributed by atoms with Gasteiger partial charge in [-0.3, -0.25) is 9.59 Å². The van der Waals surface area contributed by atoms with E-state index in [2.05, 4.69) is 0 Å². The van der Waals surface area contributed by atoms with Crippen molar-refractivity contribution in [3.63, 3.8) is 0 Å². The maximum Gasteiger partial charge on any atom is 0.295 e.